The number of rotatable bonds is 4. The van der Waals surface area contributed by atoms with Crippen molar-refractivity contribution in [3.8, 4) is 5.75 Å². The highest BCUT2D eigenvalue weighted by molar-refractivity contribution is 5.83. The van der Waals surface area contributed by atoms with Crippen molar-refractivity contribution >= 4 is 5.84 Å². The van der Waals surface area contributed by atoms with Crippen molar-refractivity contribution in [2.75, 3.05) is 13.1 Å². The first-order valence-corrected chi connectivity index (χ1v) is 11.5. The Morgan fingerprint density at radius 3 is 2.32 bits per heavy atom. The van der Waals surface area contributed by atoms with Crippen LogP contribution < -0.4 is 4.74 Å². The van der Waals surface area contributed by atoms with E-state index in [9.17, 15) is 13.2 Å². The van der Waals surface area contributed by atoms with Crippen LogP contribution in [0.4, 0.5) is 13.2 Å². The maximum atomic E-state index is 13.2. The molecule has 0 bridgehead atoms. The third-order valence-electron chi connectivity index (χ3n) is 6.48. The van der Waals surface area contributed by atoms with Crippen molar-refractivity contribution in [3.63, 3.8) is 0 Å². The van der Waals surface area contributed by atoms with E-state index in [2.05, 4.69) is 63.5 Å². The number of amidine groups is 1. The van der Waals surface area contributed by atoms with E-state index < -0.39 is 12.0 Å². The Balaban J connectivity index is 1.18. The van der Waals surface area contributed by atoms with Crippen LogP contribution in [0.2, 0.25) is 0 Å². The molecule has 1 saturated heterocycles. The lowest BCUT2D eigenvalue weighted by Crippen LogP contribution is -2.40. The molecule has 0 atom stereocenters. The predicted molar refractivity (Wildman–Crippen MR) is 122 cm³/mol. The molecule has 2 aliphatic rings. The van der Waals surface area contributed by atoms with E-state index in [0.29, 0.717) is 31.2 Å². The number of ether oxygens (including phenoxy) is 1. The van der Waals surface area contributed by atoms with Gasteiger partial charge >= 0.3 is 6.18 Å². The number of fused-ring (bicyclic) bond motifs is 1. The van der Waals surface area contributed by atoms with Gasteiger partial charge in [0.05, 0.1) is 0 Å². The number of likely N-dealkylation sites (tertiary alicyclic amines) is 1. The summed E-state index contributed by atoms with van der Waals surface area (Å²) in [4.78, 5) is 2.10. The molecular weight excluding hydrogens is 443 g/mol. The van der Waals surface area contributed by atoms with Gasteiger partial charge in [-0.15, -0.1) is 10.2 Å². The van der Waals surface area contributed by atoms with Crippen LogP contribution in [0.1, 0.15) is 53.5 Å². The van der Waals surface area contributed by atoms with Gasteiger partial charge in [-0.2, -0.15) is 22.9 Å². The van der Waals surface area contributed by atoms with E-state index in [1.54, 1.807) is 0 Å². The summed E-state index contributed by atoms with van der Waals surface area (Å²) in [7, 11) is 0. The summed E-state index contributed by atoms with van der Waals surface area (Å²) in [6.07, 6.45) is -1.74. The van der Waals surface area contributed by atoms with Gasteiger partial charge < -0.3 is 9.64 Å². The van der Waals surface area contributed by atoms with Crippen LogP contribution in [-0.4, -0.2) is 38.7 Å². The SMILES string of the molecule is Cc1ccc(COc2ccc(C3CCN(C4=Nn5c(nnc5C(F)(F)F)CC4)CC3)cc2)cc1. The Morgan fingerprint density at radius 1 is 0.941 bits per heavy atom. The highest BCUT2D eigenvalue weighted by Crippen LogP contribution is 2.32. The zero-order valence-electron chi connectivity index (χ0n) is 18.9. The van der Waals surface area contributed by atoms with Gasteiger partial charge in [-0.3, -0.25) is 0 Å². The fraction of sp³-hybridized carbons (Fsp3) is 0.400. The molecule has 3 aromatic rings. The largest absolute Gasteiger partial charge is 0.489 e. The van der Waals surface area contributed by atoms with Crippen LogP contribution in [0, 0.1) is 6.92 Å². The summed E-state index contributed by atoms with van der Waals surface area (Å²) in [5, 5.41) is 11.2. The molecule has 6 nitrogen and oxygen atoms in total. The molecule has 0 amide bonds. The number of aryl methyl sites for hydroxylation is 2. The molecule has 9 heteroatoms. The molecule has 5 rings (SSSR count). The lowest BCUT2D eigenvalue weighted by atomic mass is 9.89. The molecule has 0 N–H and O–H groups in total. The zero-order valence-corrected chi connectivity index (χ0v) is 18.9. The Morgan fingerprint density at radius 2 is 1.65 bits per heavy atom. The molecule has 178 valence electrons. The maximum Gasteiger partial charge on any atom is 0.453 e. The van der Waals surface area contributed by atoms with Crippen LogP contribution in [0.15, 0.2) is 53.6 Å². The van der Waals surface area contributed by atoms with Crippen molar-refractivity contribution in [1.29, 1.82) is 0 Å². The average molecular weight is 470 g/mol. The number of piperidine rings is 1. The summed E-state index contributed by atoms with van der Waals surface area (Å²) >= 11 is 0. The van der Waals surface area contributed by atoms with Crippen LogP contribution in [0.25, 0.3) is 0 Å². The van der Waals surface area contributed by atoms with Gasteiger partial charge in [0.2, 0.25) is 0 Å². The third-order valence-corrected chi connectivity index (χ3v) is 6.48. The lowest BCUT2D eigenvalue weighted by molar-refractivity contribution is -0.147. The minimum Gasteiger partial charge on any atom is -0.489 e. The van der Waals surface area contributed by atoms with Crippen molar-refractivity contribution in [3.05, 3.63) is 76.9 Å². The van der Waals surface area contributed by atoms with Gasteiger partial charge in [-0.1, -0.05) is 42.0 Å². The Hall–Kier alpha value is -3.36. The van der Waals surface area contributed by atoms with E-state index in [0.717, 1.165) is 41.9 Å². The Bertz CT molecular complexity index is 1160. The maximum absolute atomic E-state index is 13.2. The fourth-order valence-electron chi connectivity index (χ4n) is 4.52. The molecule has 0 aliphatic carbocycles. The number of nitrogens with zero attached hydrogens (tertiary/aromatic N) is 5. The summed E-state index contributed by atoms with van der Waals surface area (Å²) < 4.78 is 46.3. The lowest BCUT2D eigenvalue weighted by Gasteiger charge is -2.35. The number of hydrogen-bond acceptors (Lipinski definition) is 5. The summed E-state index contributed by atoms with van der Waals surface area (Å²) in [5.74, 6) is 1.12. The number of halogens is 3. The molecule has 0 radical (unpaired) electrons. The first-order chi connectivity index (χ1) is 16.4. The van der Waals surface area contributed by atoms with Crippen LogP contribution in [-0.2, 0) is 19.2 Å². The Labute approximate surface area is 196 Å². The van der Waals surface area contributed by atoms with E-state index in [1.165, 1.54) is 11.1 Å². The second kappa shape index (κ2) is 9.12. The van der Waals surface area contributed by atoms with E-state index in [1.807, 2.05) is 12.1 Å². The molecule has 1 fully saturated rings. The van der Waals surface area contributed by atoms with Crippen LogP contribution in [0.5, 0.6) is 5.75 Å². The second-order valence-corrected chi connectivity index (χ2v) is 8.87. The third kappa shape index (κ3) is 4.78. The molecular formula is C25H26F3N5O. The van der Waals surface area contributed by atoms with Crippen molar-refractivity contribution < 1.29 is 17.9 Å². The Kier molecular flexibility index (Phi) is 6.02. The average Bonchev–Trinajstić information content (AvgIpc) is 3.28. The van der Waals surface area contributed by atoms with Gasteiger partial charge in [0.25, 0.3) is 5.82 Å². The number of hydrogen-bond donors (Lipinski definition) is 0. The van der Waals surface area contributed by atoms with Crippen molar-refractivity contribution in [2.45, 2.75) is 51.3 Å². The summed E-state index contributed by atoms with van der Waals surface area (Å²) in [6, 6.07) is 16.5. The van der Waals surface area contributed by atoms with Gasteiger partial charge in [0.1, 0.15) is 18.2 Å². The molecule has 3 heterocycles. The first-order valence-electron chi connectivity index (χ1n) is 11.5. The topological polar surface area (TPSA) is 55.5 Å². The standard InChI is InChI=1S/C25H26F3N5O/c1-17-2-4-18(5-3-17)16-34-21-8-6-19(7-9-21)20-12-14-32(15-13-20)23-11-10-22-29-30-24(25(26,27)28)33(22)31-23/h2-9,20H,10-16H2,1H3. The molecule has 2 aromatic carbocycles. The smallest absolute Gasteiger partial charge is 0.453 e. The number of aromatic nitrogens is 3. The predicted octanol–water partition coefficient (Wildman–Crippen LogP) is 5.17. The van der Waals surface area contributed by atoms with Gasteiger partial charge in [0, 0.05) is 25.9 Å². The molecule has 0 unspecified atom stereocenters. The monoisotopic (exact) mass is 469 g/mol. The van der Waals surface area contributed by atoms with Gasteiger partial charge in [-0.25, -0.2) is 0 Å². The zero-order chi connectivity index (χ0) is 23.7. The van der Waals surface area contributed by atoms with E-state index in [4.69, 9.17) is 4.74 Å². The second-order valence-electron chi connectivity index (χ2n) is 8.87. The number of alkyl halides is 3. The highest BCUT2D eigenvalue weighted by Gasteiger charge is 2.40. The first kappa shape index (κ1) is 22.4. The molecule has 2 aliphatic heterocycles. The molecule has 0 spiro atoms. The van der Waals surface area contributed by atoms with Gasteiger partial charge in [0.15, 0.2) is 5.82 Å². The fourth-order valence-corrected chi connectivity index (χ4v) is 4.52. The summed E-state index contributed by atoms with van der Waals surface area (Å²) in [6.45, 7) is 4.11. The van der Waals surface area contributed by atoms with Crippen LogP contribution in [0.3, 0.4) is 0 Å². The van der Waals surface area contributed by atoms with E-state index in [-0.39, 0.29) is 5.82 Å². The van der Waals surface area contributed by atoms with Crippen molar-refractivity contribution in [2.24, 2.45) is 5.10 Å². The van der Waals surface area contributed by atoms with Crippen LogP contribution >= 0.6 is 0 Å². The van der Waals surface area contributed by atoms with Gasteiger partial charge in [-0.05, 0) is 48.9 Å². The quantitative estimate of drug-likeness (QED) is 0.529. The minimum absolute atomic E-state index is 0.260. The minimum atomic E-state index is -4.57. The molecule has 1 aromatic heterocycles. The van der Waals surface area contributed by atoms with Crippen molar-refractivity contribution in [1.82, 2.24) is 19.8 Å². The molecule has 0 saturated carbocycles. The number of benzene rings is 2. The summed E-state index contributed by atoms with van der Waals surface area (Å²) in [5.41, 5.74) is 3.62. The normalized spacial score (nSPS) is 16.8. The highest BCUT2D eigenvalue weighted by atomic mass is 19.4. The molecule has 34 heavy (non-hydrogen) atoms. The van der Waals surface area contributed by atoms with E-state index >= 15 is 0 Å².